The van der Waals surface area contributed by atoms with E-state index in [1.165, 1.54) is 11.8 Å². The van der Waals surface area contributed by atoms with Gasteiger partial charge in [0.1, 0.15) is 10.1 Å². The first-order valence-corrected chi connectivity index (χ1v) is 6.68. The Morgan fingerprint density at radius 1 is 1.35 bits per heavy atom. The Morgan fingerprint density at radius 2 is 2.18 bits per heavy atom. The Kier molecular flexibility index (Phi) is 4.20. The van der Waals surface area contributed by atoms with Crippen molar-refractivity contribution in [2.24, 2.45) is 0 Å². The summed E-state index contributed by atoms with van der Waals surface area (Å²) >= 11 is 10.9. The molecule has 0 radical (unpaired) electrons. The van der Waals surface area contributed by atoms with Crippen LogP contribution in [0.2, 0.25) is 5.02 Å². The molecular weight excluding hydrogens is 324 g/mol. The van der Waals surface area contributed by atoms with Crippen molar-refractivity contribution < 1.29 is 0 Å². The summed E-state index contributed by atoms with van der Waals surface area (Å²) < 4.78 is 0.908. The molecule has 2 rings (SSSR count). The smallest absolute Gasteiger partial charge is 0.223 e. The van der Waals surface area contributed by atoms with E-state index in [2.05, 4.69) is 36.2 Å². The van der Waals surface area contributed by atoms with Crippen molar-refractivity contribution in [1.29, 1.82) is 0 Å². The highest BCUT2D eigenvalue weighted by atomic mass is 79.9. The molecule has 7 heteroatoms. The van der Waals surface area contributed by atoms with Gasteiger partial charge in [0, 0.05) is 13.2 Å². The van der Waals surface area contributed by atoms with Crippen molar-refractivity contribution in [1.82, 2.24) is 15.0 Å². The van der Waals surface area contributed by atoms with Crippen molar-refractivity contribution in [3.8, 4) is 0 Å². The Balaban J connectivity index is 2.32. The van der Waals surface area contributed by atoms with E-state index >= 15 is 0 Å². The zero-order valence-corrected chi connectivity index (χ0v) is 12.0. The van der Waals surface area contributed by atoms with Gasteiger partial charge < -0.3 is 5.32 Å². The molecule has 0 saturated heterocycles. The molecule has 0 saturated carbocycles. The van der Waals surface area contributed by atoms with Gasteiger partial charge in [-0.3, -0.25) is 0 Å². The maximum atomic E-state index is 6.04. The van der Waals surface area contributed by atoms with E-state index in [-0.39, 0.29) is 0 Å². The van der Waals surface area contributed by atoms with Gasteiger partial charge in [0.25, 0.3) is 0 Å². The van der Waals surface area contributed by atoms with Crippen molar-refractivity contribution in [3.63, 3.8) is 0 Å². The number of nitrogens with zero attached hydrogens (tertiary/aromatic N) is 3. The largest absolute Gasteiger partial charge is 0.357 e. The zero-order valence-electron chi connectivity index (χ0n) is 8.82. The van der Waals surface area contributed by atoms with Crippen LogP contribution in [-0.2, 0) is 0 Å². The van der Waals surface area contributed by atoms with Crippen molar-refractivity contribution in [2.45, 2.75) is 10.1 Å². The average molecular weight is 332 g/mol. The van der Waals surface area contributed by atoms with E-state index in [0.29, 0.717) is 16.0 Å². The van der Waals surface area contributed by atoms with Crippen LogP contribution in [0.15, 0.2) is 39.1 Å². The van der Waals surface area contributed by atoms with Crippen LogP contribution in [0.25, 0.3) is 0 Å². The second-order valence-corrected chi connectivity index (χ2v) is 5.23. The Hall–Kier alpha value is -0.850. The monoisotopic (exact) mass is 330 g/mol. The van der Waals surface area contributed by atoms with E-state index in [1.807, 2.05) is 12.1 Å². The summed E-state index contributed by atoms with van der Waals surface area (Å²) in [7, 11) is 1.76. The fourth-order valence-corrected chi connectivity index (χ4v) is 2.53. The summed E-state index contributed by atoms with van der Waals surface area (Å²) in [4.78, 5) is 12.5. The lowest BCUT2D eigenvalue weighted by atomic mass is 10.5. The number of halogens is 2. The van der Waals surface area contributed by atoms with Gasteiger partial charge >= 0.3 is 0 Å². The Labute approximate surface area is 116 Å². The highest BCUT2D eigenvalue weighted by Crippen LogP contribution is 2.34. The first-order chi connectivity index (χ1) is 8.20. The number of anilines is 1. The highest BCUT2D eigenvalue weighted by Gasteiger charge is 2.09. The third-order valence-corrected chi connectivity index (χ3v) is 4.17. The van der Waals surface area contributed by atoms with E-state index in [9.17, 15) is 0 Å². The zero-order chi connectivity index (χ0) is 12.3. The van der Waals surface area contributed by atoms with Crippen LogP contribution < -0.4 is 5.32 Å². The normalized spacial score (nSPS) is 10.3. The van der Waals surface area contributed by atoms with Crippen LogP contribution in [0.1, 0.15) is 0 Å². The van der Waals surface area contributed by atoms with Crippen LogP contribution in [0.3, 0.4) is 0 Å². The lowest BCUT2D eigenvalue weighted by molar-refractivity contribution is 1.03. The van der Waals surface area contributed by atoms with Gasteiger partial charge in [-0.1, -0.05) is 11.6 Å². The molecule has 0 spiro atoms. The molecule has 0 aliphatic carbocycles. The number of rotatable bonds is 3. The third kappa shape index (κ3) is 3.08. The second kappa shape index (κ2) is 5.66. The van der Waals surface area contributed by atoms with Gasteiger partial charge in [-0.25, -0.2) is 15.0 Å². The van der Waals surface area contributed by atoms with Gasteiger partial charge in [-0.2, -0.15) is 0 Å². The molecule has 4 nitrogen and oxygen atoms in total. The summed E-state index contributed by atoms with van der Waals surface area (Å²) in [6.45, 7) is 0. The van der Waals surface area contributed by atoms with Crippen LogP contribution in [0.5, 0.6) is 0 Å². The van der Waals surface area contributed by atoms with Gasteiger partial charge in [0.2, 0.25) is 5.95 Å². The highest BCUT2D eigenvalue weighted by molar-refractivity contribution is 9.10. The summed E-state index contributed by atoms with van der Waals surface area (Å²) in [6.07, 6.45) is 3.29. The number of aromatic nitrogens is 3. The van der Waals surface area contributed by atoms with Crippen LogP contribution in [-0.4, -0.2) is 22.0 Å². The topological polar surface area (TPSA) is 50.7 Å². The number of hydrogen-bond donors (Lipinski definition) is 1. The van der Waals surface area contributed by atoms with Crippen LogP contribution >= 0.6 is 39.3 Å². The first kappa shape index (κ1) is 12.6. The Bertz CT molecular complexity index is 537. The lowest BCUT2D eigenvalue weighted by Gasteiger charge is -2.05. The second-order valence-electron chi connectivity index (χ2n) is 2.99. The molecule has 0 aliphatic heterocycles. The molecule has 88 valence electrons. The molecule has 0 unspecified atom stereocenters. The third-order valence-electron chi connectivity index (χ3n) is 1.85. The molecule has 2 aromatic rings. The SMILES string of the molecule is CNc1ncc(Cl)c(Sc2ncccc2Br)n1. The predicted molar refractivity (Wildman–Crippen MR) is 72.6 cm³/mol. The number of nitrogens with one attached hydrogen (secondary N) is 1. The maximum absolute atomic E-state index is 6.04. The van der Waals surface area contributed by atoms with E-state index in [1.54, 1.807) is 19.4 Å². The van der Waals surface area contributed by atoms with E-state index in [0.717, 1.165) is 9.50 Å². The van der Waals surface area contributed by atoms with Crippen LogP contribution in [0.4, 0.5) is 5.95 Å². The molecule has 17 heavy (non-hydrogen) atoms. The van der Waals surface area contributed by atoms with Gasteiger partial charge in [0.05, 0.1) is 15.7 Å². The lowest BCUT2D eigenvalue weighted by Crippen LogP contribution is -1.97. The predicted octanol–water partition coefficient (Wildman–Crippen LogP) is 3.48. The standard InChI is InChI=1S/C10H8BrClN4S/c1-13-10-15-5-7(12)9(16-10)17-8-6(11)3-2-4-14-8/h2-5H,1H3,(H,13,15,16). The molecule has 0 aliphatic rings. The molecule has 0 amide bonds. The first-order valence-electron chi connectivity index (χ1n) is 4.69. The molecule has 2 heterocycles. The van der Waals surface area contributed by atoms with Crippen LogP contribution in [0, 0.1) is 0 Å². The average Bonchev–Trinajstić information content (AvgIpc) is 2.35. The van der Waals surface area contributed by atoms with E-state index < -0.39 is 0 Å². The molecule has 0 bridgehead atoms. The maximum Gasteiger partial charge on any atom is 0.223 e. The van der Waals surface area contributed by atoms with Crippen molar-refractivity contribution in [2.75, 3.05) is 12.4 Å². The number of hydrogen-bond acceptors (Lipinski definition) is 5. The Morgan fingerprint density at radius 3 is 2.88 bits per heavy atom. The van der Waals surface area contributed by atoms with Gasteiger partial charge in [-0.15, -0.1) is 0 Å². The number of pyridine rings is 1. The molecular formula is C10H8BrClN4S. The fourth-order valence-electron chi connectivity index (χ4n) is 1.08. The summed E-state index contributed by atoms with van der Waals surface area (Å²) in [5.41, 5.74) is 0. The molecule has 0 aromatic carbocycles. The van der Waals surface area contributed by atoms with E-state index in [4.69, 9.17) is 11.6 Å². The molecule has 0 atom stereocenters. The van der Waals surface area contributed by atoms with Crippen molar-refractivity contribution >= 4 is 45.2 Å². The van der Waals surface area contributed by atoms with Gasteiger partial charge in [-0.05, 0) is 39.8 Å². The molecule has 0 fully saturated rings. The fraction of sp³-hybridized carbons (Fsp3) is 0.100. The summed E-state index contributed by atoms with van der Waals surface area (Å²) in [6, 6.07) is 3.78. The van der Waals surface area contributed by atoms with Crippen molar-refractivity contribution in [3.05, 3.63) is 34.0 Å². The quantitative estimate of drug-likeness (QED) is 0.873. The minimum atomic E-state index is 0.506. The van der Waals surface area contributed by atoms with Gasteiger partial charge in [0.15, 0.2) is 0 Å². The summed E-state index contributed by atoms with van der Waals surface area (Å²) in [5.74, 6) is 0.531. The molecule has 2 aromatic heterocycles. The minimum Gasteiger partial charge on any atom is -0.357 e. The summed E-state index contributed by atoms with van der Waals surface area (Å²) in [5, 5.41) is 4.86. The minimum absolute atomic E-state index is 0.506. The molecule has 1 N–H and O–H groups in total.